The van der Waals surface area contributed by atoms with Gasteiger partial charge in [-0.05, 0) is 5.25 Å². The highest BCUT2D eigenvalue weighted by molar-refractivity contribution is 7.99. The molecule has 0 aromatic rings. The van der Waals surface area contributed by atoms with E-state index in [0.29, 0.717) is 11.8 Å². The molecule has 0 saturated carbocycles. The number of hydrogen-bond acceptors (Lipinski definition) is 3. The first-order chi connectivity index (χ1) is 4.16. The van der Waals surface area contributed by atoms with Crippen molar-refractivity contribution in [1.82, 2.24) is 0 Å². The molecule has 3 N–H and O–H groups in total. The average Bonchev–Trinajstić information content (AvgIpc) is 1.83. The fourth-order valence-corrected chi connectivity index (χ4v) is 1.11. The van der Waals surface area contributed by atoms with E-state index in [1.54, 1.807) is 11.8 Å². The Hall–Kier alpha value is 0.560. The molecule has 0 bridgehead atoms. The van der Waals surface area contributed by atoms with Gasteiger partial charge in [-0.3, -0.25) is 0 Å². The zero-order valence-electron chi connectivity index (χ0n) is 6.41. The number of aliphatic hydroxyl groups is 1. The number of halogens is 1. The minimum absolute atomic E-state index is 0. The summed E-state index contributed by atoms with van der Waals surface area (Å²) < 4.78 is 0. The van der Waals surface area contributed by atoms with Gasteiger partial charge in [0, 0.05) is 12.3 Å². The zero-order chi connectivity index (χ0) is 7.28. The van der Waals surface area contributed by atoms with Gasteiger partial charge in [0.2, 0.25) is 0 Å². The zero-order valence-corrected chi connectivity index (χ0v) is 8.04. The van der Waals surface area contributed by atoms with Gasteiger partial charge in [0.15, 0.2) is 0 Å². The van der Waals surface area contributed by atoms with E-state index in [4.69, 9.17) is 10.8 Å². The molecule has 0 fully saturated rings. The second-order valence-electron chi connectivity index (χ2n) is 2.27. The first-order valence-corrected chi connectivity index (χ1v) is 4.21. The first-order valence-electron chi connectivity index (χ1n) is 3.16. The van der Waals surface area contributed by atoms with Gasteiger partial charge in [0.25, 0.3) is 0 Å². The van der Waals surface area contributed by atoms with Crippen LogP contribution in [0.25, 0.3) is 0 Å². The Labute approximate surface area is 73.0 Å². The lowest BCUT2D eigenvalue weighted by Crippen LogP contribution is -2.22. The van der Waals surface area contributed by atoms with Crippen molar-refractivity contribution in [2.24, 2.45) is 5.73 Å². The van der Waals surface area contributed by atoms with Gasteiger partial charge in [0.1, 0.15) is 0 Å². The highest BCUT2D eigenvalue weighted by Crippen LogP contribution is 2.09. The Bertz CT molecular complexity index is 72.8. The summed E-state index contributed by atoms with van der Waals surface area (Å²) in [5.41, 5.74) is 5.19. The molecular formula is C6H16ClNOS. The van der Waals surface area contributed by atoms with Crippen molar-refractivity contribution in [2.45, 2.75) is 25.2 Å². The number of aliphatic hydroxyl groups excluding tert-OH is 1. The summed E-state index contributed by atoms with van der Waals surface area (Å²) in [7, 11) is 0. The van der Waals surface area contributed by atoms with Crippen LogP contribution in [0.1, 0.15) is 13.8 Å². The lowest BCUT2D eigenvalue weighted by molar-refractivity contribution is 0.208. The summed E-state index contributed by atoms with van der Waals surface area (Å²) in [5.74, 6) is 0.758. The van der Waals surface area contributed by atoms with E-state index in [-0.39, 0.29) is 18.5 Å². The third kappa shape index (κ3) is 8.56. The summed E-state index contributed by atoms with van der Waals surface area (Å²) in [5, 5.41) is 9.55. The van der Waals surface area contributed by atoms with Crippen molar-refractivity contribution >= 4 is 24.2 Å². The Morgan fingerprint density at radius 3 is 2.30 bits per heavy atom. The van der Waals surface area contributed by atoms with Gasteiger partial charge < -0.3 is 10.8 Å². The number of nitrogens with two attached hydrogens (primary N) is 1. The van der Waals surface area contributed by atoms with E-state index in [2.05, 4.69) is 13.8 Å². The van der Waals surface area contributed by atoms with Gasteiger partial charge in [-0.2, -0.15) is 11.8 Å². The third-order valence-corrected chi connectivity index (χ3v) is 2.14. The van der Waals surface area contributed by atoms with Gasteiger partial charge >= 0.3 is 0 Å². The second-order valence-corrected chi connectivity index (χ2v) is 3.88. The molecule has 0 radical (unpaired) electrons. The second kappa shape index (κ2) is 7.66. The summed E-state index contributed by atoms with van der Waals surface area (Å²) in [6.45, 7) is 4.58. The molecule has 2 nitrogen and oxygen atoms in total. The maximum absolute atomic E-state index is 8.96. The maximum Gasteiger partial charge on any atom is 0.0752 e. The van der Waals surface area contributed by atoms with Crippen LogP contribution in [0.2, 0.25) is 0 Å². The molecule has 0 aromatic carbocycles. The van der Waals surface area contributed by atoms with Crippen LogP contribution in [0.3, 0.4) is 0 Å². The Morgan fingerprint density at radius 2 is 2.00 bits per heavy atom. The maximum atomic E-state index is 8.96. The van der Waals surface area contributed by atoms with Crippen LogP contribution in [0, 0.1) is 0 Å². The summed E-state index contributed by atoms with van der Waals surface area (Å²) in [4.78, 5) is 0. The van der Waals surface area contributed by atoms with Crippen LogP contribution in [-0.4, -0.2) is 28.8 Å². The molecule has 0 aliphatic rings. The number of rotatable bonds is 4. The van der Waals surface area contributed by atoms with Crippen molar-refractivity contribution in [2.75, 3.05) is 12.3 Å². The minimum atomic E-state index is -0.322. The molecule has 0 aliphatic heterocycles. The fraction of sp³-hybridized carbons (Fsp3) is 1.00. The monoisotopic (exact) mass is 185 g/mol. The standard InChI is InChI=1S/C6H15NOS.ClH/c1-5(2)9-4-6(8)3-7;/h5-6,8H,3-4,7H2,1-2H3;1H. The normalized spacial score (nSPS) is 12.9. The average molecular weight is 186 g/mol. The summed E-state index contributed by atoms with van der Waals surface area (Å²) in [6.07, 6.45) is -0.322. The van der Waals surface area contributed by atoms with Crippen molar-refractivity contribution in [3.63, 3.8) is 0 Å². The van der Waals surface area contributed by atoms with Crippen molar-refractivity contribution < 1.29 is 5.11 Å². The van der Waals surface area contributed by atoms with Crippen molar-refractivity contribution in [3.05, 3.63) is 0 Å². The van der Waals surface area contributed by atoms with E-state index in [1.165, 1.54) is 0 Å². The number of hydrogen-bond donors (Lipinski definition) is 2. The largest absolute Gasteiger partial charge is 0.391 e. The predicted molar refractivity (Wildman–Crippen MR) is 49.9 cm³/mol. The lowest BCUT2D eigenvalue weighted by atomic mass is 10.4. The van der Waals surface area contributed by atoms with Gasteiger partial charge in [-0.25, -0.2) is 0 Å². The van der Waals surface area contributed by atoms with E-state index < -0.39 is 0 Å². The van der Waals surface area contributed by atoms with Crippen LogP contribution < -0.4 is 5.73 Å². The van der Waals surface area contributed by atoms with Gasteiger partial charge in [-0.1, -0.05) is 13.8 Å². The summed E-state index contributed by atoms with van der Waals surface area (Å²) in [6, 6.07) is 0. The van der Waals surface area contributed by atoms with Crippen LogP contribution >= 0.6 is 24.2 Å². The van der Waals surface area contributed by atoms with E-state index in [1.807, 2.05) is 0 Å². The third-order valence-electron chi connectivity index (χ3n) is 0.894. The predicted octanol–water partition coefficient (Wildman–Crippen LogP) is 0.869. The molecule has 0 aliphatic carbocycles. The van der Waals surface area contributed by atoms with Gasteiger partial charge in [-0.15, -0.1) is 12.4 Å². The smallest absolute Gasteiger partial charge is 0.0752 e. The molecule has 10 heavy (non-hydrogen) atoms. The molecule has 64 valence electrons. The quantitative estimate of drug-likeness (QED) is 0.684. The fourth-order valence-electron chi connectivity index (χ4n) is 0.372. The molecule has 4 heteroatoms. The Morgan fingerprint density at radius 1 is 1.50 bits per heavy atom. The Kier molecular flexibility index (Phi) is 10.1. The van der Waals surface area contributed by atoms with E-state index >= 15 is 0 Å². The molecule has 0 saturated heterocycles. The SMILES string of the molecule is CC(C)SCC(O)CN.Cl. The lowest BCUT2D eigenvalue weighted by Gasteiger charge is -2.08. The van der Waals surface area contributed by atoms with Crippen LogP contribution in [0.5, 0.6) is 0 Å². The number of thioether (sulfide) groups is 1. The molecule has 1 unspecified atom stereocenters. The van der Waals surface area contributed by atoms with Crippen molar-refractivity contribution in [1.29, 1.82) is 0 Å². The summed E-state index contributed by atoms with van der Waals surface area (Å²) >= 11 is 1.73. The van der Waals surface area contributed by atoms with Crippen LogP contribution in [0.15, 0.2) is 0 Å². The molecule has 0 amide bonds. The Balaban J connectivity index is 0. The van der Waals surface area contributed by atoms with Crippen molar-refractivity contribution in [3.8, 4) is 0 Å². The molecule has 0 heterocycles. The van der Waals surface area contributed by atoms with E-state index in [9.17, 15) is 0 Å². The molecule has 0 aromatic heterocycles. The highest BCUT2D eigenvalue weighted by atomic mass is 35.5. The molecular weight excluding hydrogens is 170 g/mol. The topological polar surface area (TPSA) is 46.2 Å². The highest BCUT2D eigenvalue weighted by Gasteiger charge is 2.01. The molecule has 0 spiro atoms. The molecule has 1 atom stereocenters. The van der Waals surface area contributed by atoms with Crippen LogP contribution in [0.4, 0.5) is 0 Å². The van der Waals surface area contributed by atoms with Crippen LogP contribution in [-0.2, 0) is 0 Å². The van der Waals surface area contributed by atoms with E-state index in [0.717, 1.165) is 5.75 Å². The first kappa shape index (κ1) is 13.2. The minimum Gasteiger partial charge on any atom is -0.391 e. The van der Waals surface area contributed by atoms with Gasteiger partial charge in [0.05, 0.1) is 6.10 Å². The molecule has 0 rings (SSSR count).